The Bertz CT molecular complexity index is 671. The molecular weight excluding hydrogens is 332 g/mol. The van der Waals surface area contributed by atoms with Gasteiger partial charge in [0.05, 0.1) is 16.3 Å². The second-order valence-electron chi connectivity index (χ2n) is 3.81. The van der Waals surface area contributed by atoms with Crippen LogP contribution in [-0.4, -0.2) is 15.0 Å². The molecule has 0 saturated heterocycles. The van der Waals surface area contributed by atoms with Crippen LogP contribution in [0.4, 0.5) is 36.7 Å². The zero-order valence-corrected chi connectivity index (χ0v) is 11.6. The van der Waals surface area contributed by atoms with Gasteiger partial charge < -0.3 is 16.8 Å². The first-order valence-corrected chi connectivity index (χ1v) is 6.02. The third kappa shape index (κ3) is 3.56. The van der Waals surface area contributed by atoms with E-state index in [4.69, 9.17) is 34.7 Å². The molecule has 2 rings (SSSR count). The highest BCUT2D eigenvalue weighted by molar-refractivity contribution is 6.36. The molecule has 6 nitrogen and oxygen atoms in total. The lowest BCUT2D eigenvalue weighted by Gasteiger charge is -2.15. The molecule has 0 bridgehead atoms. The summed E-state index contributed by atoms with van der Waals surface area (Å²) in [4.78, 5) is 10.7. The average molecular weight is 339 g/mol. The minimum Gasteiger partial charge on any atom is -0.368 e. The van der Waals surface area contributed by atoms with Gasteiger partial charge in [0, 0.05) is 5.02 Å². The number of nitrogens with one attached hydrogen (secondary N) is 1. The molecule has 0 spiro atoms. The maximum Gasteiger partial charge on any atom is 0.418 e. The van der Waals surface area contributed by atoms with Gasteiger partial charge in [-0.2, -0.15) is 28.1 Å². The van der Waals surface area contributed by atoms with Crippen LogP contribution in [-0.2, 0) is 6.18 Å². The molecule has 0 unspecified atom stereocenters. The molecule has 2 aromatic rings. The Hall–Kier alpha value is -2.00. The van der Waals surface area contributed by atoms with Gasteiger partial charge in [0.1, 0.15) is 0 Å². The summed E-state index contributed by atoms with van der Waals surface area (Å²) in [6, 6.07) is 1.87. The SMILES string of the molecule is Nc1nc(N)nc(Nc2c(Cl)cc(Cl)cc2C(F)(F)F)n1. The van der Waals surface area contributed by atoms with E-state index in [1.165, 1.54) is 0 Å². The monoisotopic (exact) mass is 338 g/mol. The normalized spacial score (nSPS) is 11.5. The van der Waals surface area contributed by atoms with E-state index in [1.807, 2.05) is 0 Å². The molecule has 1 aromatic carbocycles. The van der Waals surface area contributed by atoms with Crippen molar-refractivity contribution in [2.24, 2.45) is 0 Å². The Morgan fingerprint density at radius 3 is 2.10 bits per heavy atom. The van der Waals surface area contributed by atoms with Crippen molar-refractivity contribution in [3.8, 4) is 0 Å². The molecule has 1 aromatic heterocycles. The maximum atomic E-state index is 13.0. The number of alkyl halides is 3. The van der Waals surface area contributed by atoms with Crippen molar-refractivity contribution in [1.82, 2.24) is 15.0 Å². The number of aromatic nitrogens is 3. The quantitative estimate of drug-likeness (QED) is 0.777. The summed E-state index contributed by atoms with van der Waals surface area (Å²) in [5.41, 5.74) is 9.15. The number of halogens is 5. The van der Waals surface area contributed by atoms with Gasteiger partial charge in [-0.3, -0.25) is 0 Å². The third-order valence-corrected chi connectivity index (χ3v) is 2.78. The van der Waals surface area contributed by atoms with Gasteiger partial charge in [0.2, 0.25) is 17.8 Å². The number of nitrogen functional groups attached to an aromatic ring is 2. The van der Waals surface area contributed by atoms with Crippen molar-refractivity contribution in [1.29, 1.82) is 0 Å². The predicted molar refractivity (Wildman–Crippen MR) is 73.4 cm³/mol. The van der Waals surface area contributed by atoms with E-state index in [0.29, 0.717) is 0 Å². The topological polar surface area (TPSA) is 103 Å². The van der Waals surface area contributed by atoms with Crippen molar-refractivity contribution >= 4 is 46.7 Å². The van der Waals surface area contributed by atoms with Crippen molar-refractivity contribution in [3.63, 3.8) is 0 Å². The fraction of sp³-hybridized carbons (Fsp3) is 0.100. The molecule has 0 radical (unpaired) electrons. The number of hydrogen-bond acceptors (Lipinski definition) is 6. The van der Waals surface area contributed by atoms with Gasteiger partial charge in [-0.1, -0.05) is 23.2 Å². The largest absolute Gasteiger partial charge is 0.418 e. The average Bonchev–Trinajstić information content (AvgIpc) is 2.29. The first kappa shape index (κ1) is 15.4. The van der Waals surface area contributed by atoms with Crippen LogP contribution in [0.1, 0.15) is 5.56 Å². The minimum atomic E-state index is -4.68. The Kier molecular flexibility index (Phi) is 3.97. The molecule has 0 aliphatic carbocycles. The van der Waals surface area contributed by atoms with E-state index in [9.17, 15) is 13.2 Å². The molecule has 5 N–H and O–H groups in total. The van der Waals surface area contributed by atoms with Crippen LogP contribution >= 0.6 is 23.2 Å². The third-order valence-electron chi connectivity index (χ3n) is 2.27. The van der Waals surface area contributed by atoms with E-state index < -0.39 is 17.4 Å². The molecule has 21 heavy (non-hydrogen) atoms. The first-order valence-electron chi connectivity index (χ1n) is 5.27. The summed E-state index contributed by atoms with van der Waals surface area (Å²) < 4.78 is 39.0. The molecule has 112 valence electrons. The van der Waals surface area contributed by atoms with Crippen molar-refractivity contribution in [2.45, 2.75) is 6.18 Å². The Balaban J connectivity index is 2.53. The van der Waals surface area contributed by atoms with Crippen molar-refractivity contribution in [2.75, 3.05) is 16.8 Å². The summed E-state index contributed by atoms with van der Waals surface area (Å²) in [5.74, 6) is -0.762. The number of hydrogen-bond donors (Lipinski definition) is 3. The van der Waals surface area contributed by atoms with Crippen LogP contribution in [0.2, 0.25) is 10.0 Å². The molecule has 0 fully saturated rings. The van der Waals surface area contributed by atoms with E-state index in [0.717, 1.165) is 12.1 Å². The van der Waals surface area contributed by atoms with Crippen LogP contribution in [0.25, 0.3) is 0 Å². The van der Waals surface area contributed by atoms with Gasteiger partial charge in [-0.15, -0.1) is 0 Å². The van der Waals surface area contributed by atoms with Crippen LogP contribution in [0.15, 0.2) is 12.1 Å². The van der Waals surface area contributed by atoms with E-state index in [2.05, 4.69) is 20.3 Å². The van der Waals surface area contributed by atoms with E-state index in [1.54, 1.807) is 0 Å². The number of nitrogens with two attached hydrogens (primary N) is 2. The van der Waals surface area contributed by atoms with Crippen LogP contribution < -0.4 is 16.8 Å². The highest BCUT2D eigenvalue weighted by Crippen LogP contribution is 2.41. The highest BCUT2D eigenvalue weighted by Gasteiger charge is 2.35. The Labute approximate surface area is 126 Å². The zero-order valence-electron chi connectivity index (χ0n) is 10.0. The van der Waals surface area contributed by atoms with Gasteiger partial charge in [-0.05, 0) is 12.1 Å². The number of benzene rings is 1. The highest BCUT2D eigenvalue weighted by atomic mass is 35.5. The minimum absolute atomic E-state index is 0.160. The fourth-order valence-electron chi connectivity index (χ4n) is 1.50. The number of nitrogens with zero attached hydrogens (tertiary/aromatic N) is 3. The molecule has 1 heterocycles. The Morgan fingerprint density at radius 1 is 1.00 bits per heavy atom. The van der Waals surface area contributed by atoms with Crippen LogP contribution in [0.3, 0.4) is 0 Å². The molecule has 0 amide bonds. The second-order valence-corrected chi connectivity index (χ2v) is 4.65. The molecule has 0 aliphatic rings. The Morgan fingerprint density at radius 2 is 1.57 bits per heavy atom. The van der Waals surface area contributed by atoms with Crippen LogP contribution in [0.5, 0.6) is 0 Å². The number of rotatable bonds is 2. The lowest BCUT2D eigenvalue weighted by Crippen LogP contribution is -2.12. The van der Waals surface area contributed by atoms with Crippen molar-refractivity contribution in [3.05, 3.63) is 27.7 Å². The van der Waals surface area contributed by atoms with E-state index >= 15 is 0 Å². The predicted octanol–water partition coefficient (Wildman–Crippen LogP) is 3.11. The van der Waals surface area contributed by atoms with Gasteiger partial charge in [0.25, 0.3) is 0 Å². The number of anilines is 4. The molecule has 0 aliphatic heterocycles. The fourth-order valence-corrected chi connectivity index (χ4v) is 2.04. The first-order chi connectivity index (χ1) is 9.66. The van der Waals surface area contributed by atoms with Gasteiger partial charge in [0.15, 0.2) is 0 Å². The van der Waals surface area contributed by atoms with E-state index in [-0.39, 0.29) is 27.9 Å². The maximum absolute atomic E-state index is 13.0. The van der Waals surface area contributed by atoms with Crippen LogP contribution in [0, 0.1) is 0 Å². The molecule has 11 heteroatoms. The molecular formula is C10H7Cl2F3N6. The summed E-state index contributed by atoms with van der Waals surface area (Å²) in [5, 5.41) is 1.91. The lowest BCUT2D eigenvalue weighted by atomic mass is 10.1. The van der Waals surface area contributed by atoms with Gasteiger partial charge in [-0.25, -0.2) is 0 Å². The lowest BCUT2D eigenvalue weighted by molar-refractivity contribution is -0.136. The molecule has 0 atom stereocenters. The molecule has 0 saturated carbocycles. The summed E-state index contributed by atoms with van der Waals surface area (Å²) in [6.45, 7) is 0. The van der Waals surface area contributed by atoms with Gasteiger partial charge >= 0.3 is 6.18 Å². The smallest absolute Gasteiger partial charge is 0.368 e. The summed E-state index contributed by atoms with van der Waals surface area (Å²) in [6.07, 6.45) is -4.68. The van der Waals surface area contributed by atoms with Crippen molar-refractivity contribution < 1.29 is 13.2 Å². The zero-order chi connectivity index (χ0) is 15.8. The summed E-state index contributed by atoms with van der Waals surface area (Å²) in [7, 11) is 0. The summed E-state index contributed by atoms with van der Waals surface area (Å²) >= 11 is 11.4. The standard InChI is InChI=1S/C10H7Cl2F3N6/c11-3-1-4(10(13,14)15)6(5(12)2-3)18-9-20-7(16)19-8(17)21-9/h1-2H,(H5,16,17,18,19,20,21). The second kappa shape index (κ2) is 5.41.